The number of pyridine rings is 1. The Morgan fingerprint density at radius 1 is 1.56 bits per heavy atom. The van der Waals surface area contributed by atoms with Gasteiger partial charge in [-0.1, -0.05) is 0 Å². The second kappa shape index (κ2) is 4.51. The molecule has 1 amide bonds. The van der Waals surface area contributed by atoms with Crippen LogP contribution in [0, 0.1) is 6.92 Å². The molecule has 0 saturated heterocycles. The first-order chi connectivity index (χ1) is 7.65. The van der Waals surface area contributed by atoms with E-state index in [9.17, 15) is 4.79 Å². The van der Waals surface area contributed by atoms with Crippen LogP contribution in [0.3, 0.4) is 0 Å². The van der Waals surface area contributed by atoms with Gasteiger partial charge in [0.15, 0.2) is 0 Å². The van der Waals surface area contributed by atoms with Crippen LogP contribution in [-0.4, -0.2) is 23.0 Å². The molecule has 0 spiro atoms. The summed E-state index contributed by atoms with van der Waals surface area (Å²) >= 11 is 0. The van der Waals surface area contributed by atoms with Gasteiger partial charge in [0.1, 0.15) is 6.04 Å². The molecule has 0 radical (unpaired) electrons. The number of carbonyl (C=O) groups excluding carboxylic acids is 1. The SMILES string of the molecule is Cc1cc(NC(C)C(=O)NC2CC2)ccn1. The fourth-order valence-corrected chi connectivity index (χ4v) is 1.50. The fraction of sp³-hybridized carbons (Fsp3) is 0.500. The largest absolute Gasteiger partial charge is 0.374 e. The van der Waals surface area contributed by atoms with Crippen molar-refractivity contribution in [2.45, 2.75) is 38.8 Å². The molecule has 86 valence electrons. The van der Waals surface area contributed by atoms with E-state index in [2.05, 4.69) is 15.6 Å². The molecule has 16 heavy (non-hydrogen) atoms. The topological polar surface area (TPSA) is 54.0 Å². The zero-order chi connectivity index (χ0) is 11.5. The maximum Gasteiger partial charge on any atom is 0.242 e. The van der Waals surface area contributed by atoms with Crippen molar-refractivity contribution in [2.24, 2.45) is 0 Å². The zero-order valence-corrected chi connectivity index (χ0v) is 9.66. The summed E-state index contributed by atoms with van der Waals surface area (Å²) in [6.45, 7) is 3.80. The molecular formula is C12H17N3O. The Balaban J connectivity index is 1.90. The number of nitrogens with zero attached hydrogens (tertiary/aromatic N) is 1. The highest BCUT2D eigenvalue weighted by Crippen LogP contribution is 2.19. The number of anilines is 1. The summed E-state index contributed by atoms with van der Waals surface area (Å²) in [5, 5.41) is 6.13. The highest BCUT2D eigenvalue weighted by atomic mass is 16.2. The Morgan fingerprint density at radius 2 is 2.31 bits per heavy atom. The summed E-state index contributed by atoms with van der Waals surface area (Å²) in [6.07, 6.45) is 3.98. The molecule has 0 aliphatic heterocycles. The lowest BCUT2D eigenvalue weighted by Crippen LogP contribution is -2.38. The summed E-state index contributed by atoms with van der Waals surface area (Å²) in [5.41, 5.74) is 1.88. The molecule has 1 heterocycles. The molecule has 1 fully saturated rings. The molecule has 2 rings (SSSR count). The van der Waals surface area contributed by atoms with Gasteiger partial charge in [0.05, 0.1) is 0 Å². The van der Waals surface area contributed by atoms with Crippen molar-refractivity contribution in [1.82, 2.24) is 10.3 Å². The average Bonchev–Trinajstić information content (AvgIpc) is 3.01. The molecule has 1 unspecified atom stereocenters. The number of hydrogen-bond acceptors (Lipinski definition) is 3. The average molecular weight is 219 g/mol. The lowest BCUT2D eigenvalue weighted by atomic mass is 10.2. The van der Waals surface area contributed by atoms with E-state index in [4.69, 9.17) is 0 Å². The first-order valence-corrected chi connectivity index (χ1v) is 5.65. The molecule has 2 N–H and O–H groups in total. The van der Waals surface area contributed by atoms with E-state index in [1.54, 1.807) is 6.20 Å². The number of nitrogens with one attached hydrogen (secondary N) is 2. The molecule has 0 aromatic carbocycles. The van der Waals surface area contributed by atoms with Crippen LogP contribution in [0.2, 0.25) is 0 Å². The monoisotopic (exact) mass is 219 g/mol. The first kappa shape index (κ1) is 10.9. The zero-order valence-electron chi connectivity index (χ0n) is 9.66. The van der Waals surface area contributed by atoms with Crippen molar-refractivity contribution < 1.29 is 4.79 Å². The third-order valence-corrected chi connectivity index (χ3v) is 2.60. The van der Waals surface area contributed by atoms with Crippen LogP contribution in [0.1, 0.15) is 25.5 Å². The van der Waals surface area contributed by atoms with Crippen LogP contribution in [0.25, 0.3) is 0 Å². The third-order valence-electron chi connectivity index (χ3n) is 2.60. The van der Waals surface area contributed by atoms with Crippen LogP contribution >= 0.6 is 0 Å². The summed E-state index contributed by atoms with van der Waals surface area (Å²) in [5.74, 6) is 0.0666. The van der Waals surface area contributed by atoms with E-state index in [0.717, 1.165) is 24.2 Å². The van der Waals surface area contributed by atoms with Crippen molar-refractivity contribution in [3.63, 3.8) is 0 Å². The Labute approximate surface area is 95.5 Å². The van der Waals surface area contributed by atoms with Gasteiger partial charge in [-0.05, 0) is 38.8 Å². The van der Waals surface area contributed by atoms with Gasteiger partial charge in [0, 0.05) is 23.6 Å². The predicted molar refractivity (Wildman–Crippen MR) is 63.2 cm³/mol. The number of amides is 1. The smallest absolute Gasteiger partial charge is 0.242 e. The quantitative estimate of drug-likeness (QED) is 0.806. The molecule has 1 saturated carbocycles. The Hall–Kier alpha value is -1.58. The molecule has 1 aromatic heterocycles. The first-order valence-electron chi connectivity index (χ1n) is 5.65. The summed E-state index contributed by atoms with van der Waals surface area (Å²) in [4.78, 5) is 15.8. The van der Waals surface area contributed by atoms with Gasteiger partial charge in [-0.25, -0.2) is 0 Å². The van der Waals surface area contributed by atoms with Gasteiger partial charge in [-0.2, -0.15) is 0 Å². The van der Waals surface area contributed by atoms with Crippen LogP contribution in [0.5, 0.6) is 0 Å². The van der Waals surface area contributed by atoms with Crippen molar-refractivity contribution >= 4 is 11.6 Å². The van der Waals surface area contributed by atoms with Crippen molar-refractivity contribution in [3.05, 3.63) is 24.0 Å². The molecule has 0 bridgehead atoms. The Morgan fingerprint density at radius 3 is 2.94 bits per heavy atom. The molecule has 4 nitrogen and oxygen atoms in total. The Kier molecular flexibility index (Phi) is 3.08. The van der Waals surface area contributed by atoms with E-state index < -0.39 is 0 Å². The minimum Gasteiger partial charge on any atom is -0.374 e. The predicted octanol–water partition coefficient (Wildman–Crippen LogP) is 1.47. The molecule has 1 aromatic rings. The van der Waals surface area contributed by atoms with Gasteiger partial charge in [-0.15, -0.1) is 0 Å². The van der Waals surface area contributed by atoms with Crippen LogP contribution in [-0.2, 0) is 4.79 Å². The minimum absolute atomic E-state index is 0.0666. The van der Waals surface area contributed by atoms with E-state index in [1.165, 1.54) is 0 Å². The van der Waals surface area contributed by atoms with E-state index >= 15 is 0 Å². The summed E-state index contributed by atoms with van der Waals surface area (Å²) in [6, 6.07) is 4.01. The van der Waals surface area contributed by atoms with E-state index in [0.29, 0.717) is 6.04 Å². The van der Waals surface area contributed by atoms with Crippen molar-refractivity contribution in [3.8, 4) is 0 Å². The molecular weight excluding hydrogens is 202 g/mol. The molecule has 4 heteroatoms. The highest BCUT2D eigenvalue weighted by Gasteiger charge is 2.25. The third kappa shape index (κ3) is 2.95. The van der Waals surface area contributed by atoms with Crippen molar-refractivity contribution in [1.29, 1.82) is 0 Å². The van der Waals surface area contributed by atoms with Crippen LogP contribution in [0.15, 0.2) is 18.3 Å². The molecule has 1 aliphatic rings. The van der Waals surface area contributed by atoms with Gasteiger partial charge in [0.2, 0.25) is 5.91 Å². The number of aromatic nitrogens is 1. The lowest BCUT2D eigenvalue weighted by Gasteiger charge is -2.15. The second-order valence-corrected chi connectivity index (χ2v) is 4.33. The second-order valence-electron chi connectivity index (χ2n) is 4.33. The summed E-state index contributed by atoms with van der Waals surface area (Å²) < 4.78 is 0. The molecule has 1 atom stereocenters. The van der Waals surface area contributed by atoms with Crippen molar-refractivity contribution in [2.75, 3.05) is 5.32 Å². The minimum atomic E-state index is -0.206. The lowest BCUT2D eigenvalue weighted by molar-refractivity contribution is -0.121. The van der Waals surface area contributed by atoms with Crippen LogP contribution < -0.4 is 10.6 Å². The number of carbonyl (C=O) groups is 1. The van der Waals surface area contributed by atoms with Gasteiger partial charge in [0.25, 0.3) is 0 Å². The maximum absolute atomic E-state index is 11.7. The highest BCUT2D eigenvalue weighted by molar-refractivity contribution is 5.84. The Bertz CT molecular complexity index is 388. The van der Waals surface area contributed by atoms with E-state index in [-0.39, 0.29) is 11.9 Å². The standard InChI is InChI=1S/C12H17N3O/c1-8-7-11(5-6-13-8)14-9(2)12(16)15-10-3-4-10/h5-7,9-10H,3-4H2,1-2H3,(H,13,14)(H,15,16). The number of hydrogen-bond donors (Lipinski definition) is 2. The fourth-order valence-electron chi connectivity index (χ4n) is 1.50. The maximum atomic E-state index is 11.7. The van der Waals surface area contributed by atoms with Gasteiger partial charge in [-0.3, -0.25) is 9.78 Å². The summed E-state index contributed by atoms with van der Waals surface area (Å²) in [7, 11) is 0. The normalized spacial score (nSPS) is 16.6. The van der Waals surface area contributed by atoms with Crippen LogP contribution in [0.4, 0.5) is 5.69 Å². The number of rotatable bonds is 4. The van der Waals surface area contributed by atoms with Gasteiger partial charge >= 0.3 is 0 Å². The van der Waals surface area contributed by atoms with E-state index in [1.807, 2.05) is 26.0 Å². The number of aryl methyl sites for hydroxylation is 1. The van der Waals surface area contributed by atoms with Gasteiger partial charge < -0.3 is 10.6 Å². The molecule has 1 aliphatic carbocycles.